The van der Waals surface area contributed by atoms with Gasteiger partial charge < -0.3 is 20.7 Å². The van der Waals surface area contributed by atoms with Crippen LogP contribution in [0.25, 0.3) is 0 Å². The van der Waals surface area contributed by atoms with Crippen molar-refractivity contribution in [3.63, 3.8) is 0 Å². The first-order valence-electron chi connectivity index (χ1n) is 7.08. The lowest BCUT2D eigenvalue weighted by Crippen LogP contribution is -2.47. The van der Waals surface area contributed by atoms with Crippen LogP contribution in [-0.4, -0.2) is 42.5 Å². The van der Waals surface area contributed by atoms with Crippen molar-refractivity contribution in [2.75, 3.05) is 25.4 Å². The second kappa shape index (κ2) is 6.97. The molecule has 1 aromatic rings. The summed E-state index contributed by atoms with van der Waals surface area (Å²) in [5.41, 5.74) is 6.26. The topological polar surface area (TPSA) is 84.7 Å². The van der Waals surface area contributed by atoms with Crippen LogP contribution in [0.5, 0.6) is 5.75 Å². The minimum absolute atomic E-state index is 0.00819. The smallest absolute Gasteiger partial charge is 0.260 e. The number of piperidine rings is 1. The van der Waals surface area contributed by atoms with Crippen molar-refractivity contribution in [3.05, 3.63) is 24.3 Å². The summed E-state index contributed by atoms with van der Waals surface area (Å²) in [5, 5.41) is 2.88. The first-order chi connectivity index (χ1) is 10.0. The van der Waals surface area contributed by atoms with E-state index in [1.54, 1.807) is 29.2 Å². The van der Waals surface area contributed by atoms with E-state index in [0.29, 0.717) is 24.5 Å². The van der Waals surface area contributed by atoms with E-state index in [1.165, 1.54) is 6.92 Å². The highest BCUT2D eigenvalue weighted by Gasteiger charge is 2.23. The predicted octanol–water partition coefficient (Wildman–Crippen LogP) is 0.775. The van der Waals surface area contributed by atoms with Crippen LogP contribution in [0.1, 0.15) is 19.8 Å². The maximum Gasteiger partial charge on any atom is 0.260 e. The minimum atomic E-state index is -0.0429. The lowest BCUT2D eigenvalue weighted by atomic mass is 10.1. The monoisotopic (exact) mass is 291 g/mol. The number of nitrogens with two attached hydrogens (primary N) is 1. The first-order valence-corrected chi connectivity index (χ1v) is 7.08. The highest BCUT2D eigenvalue weighted by Crippen LogP contribution is 2.15. The molecule has 0 atom stereocenters. The molecule has 1 fully saturated rings. The van der Waals surface area contributed by atoms with Crippen LogP contribution in [0, 0.1) is 0 Å². The second-order valence-electron chi connectivity index (χ2n) is 5.22. The SMILES string of the molecule is CC(=O)NC1CCN(C(=O)COc2cccc(N)c2)CC1. The van der Waals surface area contributed by atoms with Crippen LogP contribution in [0.15, 0.2) is 24.3 Å². The van der Waals surface area contributed by atoms with Gasteiger partial charge in [-0.2, -0.15) is 0 Å². The molecule has 6 nitrogen and oxygen atoms in total. The molecule has 1 aliphatic rings. The fourth-order valence-corrected chi connectivity index (χ4v) is 2.40. The van der Waals surface area contributed by atoms with Gasteiger partial charge in [0.25, 0.3) is 5.91 Å². The van der Waals surface area contributed by atoms with Crippen LogP contribution in [0.3, 0.4) is 0 Å². The molecule has 1 aromatic carbocycles. The van der Waals surface area contributed by atoms with Crippen molar-refractivity contribution in [3.8, 4) is 5.75 Å². The average Bonchev–Trinajstić information content (AvgIpc) is 2.45. The number of amides is 2. The summed E-state index contributed by atoms with van der Waals surface area (Å²) in [6.07, 6.45) is 1.56. The zero-order valence-corrected chi connectivity index (χ0v) is 12.2. The molecule has 1 aliphatic heterocycles. The highest BCUT2D eigenvalue weighted by atomic mass is 16.5. The van der Waals surface area contributed by atoms with Crippen LogP contribution in [0.4, 0.5) is 5.69 Å². The van der Waals surface area contributed by atoms with Gasteiger partial charge in [0.05, 0.1) is 0 Å². The zero-order valence-electron chi connectivity index (χ0n) is 12.2. The number of nitrogens with one attached hydrogen (secondary N) is 1. The Labute approximate surface area is 124 Å². The van der Waals surface area contributed by atoms with Crippen molar-refractivity contribution >= 4 is 17.5 Å². The largest absolute Gasteiger partial charge is 0.484 e. The number of hydrogen-bond acceptors (Lipinski definition) is 4. The molecule has 0 radical (unpaired) electrons. The molecule has 0 bridgehead atoms. The Hall–Kier alpha value is -2.24. The molecule has 0 spiro atoms. The summed E-state index contributed by atoms with van der Waals surface area (Å²) < 4.78 is 5.45. The molecule has 6 heteroatoms. The number of carbonyl (C=O) groups excluding carboxylic acids is 2. The van der Waals surface area contributed by atoms with Crippen molar-refractivity contribution < 1.29 is 14.3 Å². The highest BCUT2D eigenvalue weighted by molar-refractivity contribution is 5.78. The first kappa shape index (κ1) is 15.2. The summed E-state index contributed by atoms with van der Waals surface area (Å²) in [5.74, 6) is 0.528. The molecule has 2 amide bonds. The average molecular weight is 291 g/mol. The number of hydrogen-bond donors (Lipinski definition) is 2. The van der Waals surface area contributed by atoms with E-state index < -0.39 is 0 Å². The van der Waals surface area contributed by atoms with E-state index in [4.69, 9.17) is 10.5 Å². The van der Waals surface area contributed by atoms with Gasteiger partial charge in [-0.05, 0) is 25.0 Å². The molecule has 0 unspecified atom stereocenters. The Morgan fingerprint density at radius 1 is 1.38 bits per heavy atom. The van der Waals surface area contributed by atoms with Gasteiger partial charge in [-0.3, -0.25) is 9.59 Å². The molecule has 114 valence electrons. The molecule has 21 heavy (non-hydrogen) atoms. The third-order valence-corrected chi connectivity index (χ3v) is 3.48. The van der Waals surface area contributed by atoms with Crippen LogP contribution in [-0.2, 0) is 9.59 Å². The summed E-state index contributed by atoms with van der Waals surface area (Å²) in [6.45, 7) is 2.80. The normalized spacial score (nSPS) is 15.6. The summed E-state index contributed by atoms with van der Waals surface area (Å²) in [4.78, 5) is 24.8. The van der Waals surface area contributed by atoms with Gasteiger partial charge in [0, 0.05) is 37.8 Å². The molecule has 0 saturated carbocycles. The summed E-state index contributed by atoms with van der Waals surface area (Å²) in [7, 11) is 0. The number of nitrogen functional groups attached to an aromatic ring is 1. The van der Waals surface area contributed by atoms with E-state index >= 15 is 0 Å². The Morgan fingerprint density at radius 2 is 2.10 bits per heavy atom. The van der Waals surface area contributed by atoms with E-state index in [-0.39, 0.29) is 24.5 Å². The maximum atomic E-state index is 12.1. The number of likely N-dealkylation sites (tertiary alicyclic amines) is 1. The minimum Gasteiger partial charge on any atom is -0.484 e. The van der Waals surface area contributed by atoms with Gasteiger partial charge in [-0.1, -0.05) is 6.07 Å². The number of nitrogens with zero attached hydrogens (tertiary/aromatic N) is 1. The Bertz CT molecular complexity index is 511. The number of ether oxygens (including phenoxy) is 1. The van der Waals surface area contributed by atoms with Crippen LogP contribution < -0.4 is 15.8 Å². The van der Waals surface area contributed by atoms with Gasteiger partial charge in [0.1, 0.15) is 5.75 Å². The summed E-state index contributed by atoms with van der Waals surface area (Å²) in [6, 6.07) is 7.18. The van der Waals surface area contributed by atoms with Crippen LogP contribution in [0.2, 0.25) is 0 Å². The van der Waals surface area contributed by atoms with Crippen LogP contribution >= 0.6 is 0 Å². The second-order valence-corrected chi connectivity index (χ2v) is 5.22. The van der Waals surface area contributed by atoms with Crippen molar-refractivity contribution in [2.24, 2.45) is 0 Å². The summed E-state index contributed by atoms with van der Waals surface area (Å²) >= 11 is 0. The third kappa shape index (κ3) is 4.66. The lowest BCUT2D eigenvalue weighted by Gasteiger charge is -2.32. The molecule has 1 heterocycles. The number of carbonyl (C=O) groups is 2. The Kier molecular flexibility index (Phi) is 5.03. The van der Waals surface area contributed by atoms with Crippen molar-refractivity contribution in [1.82, 2.24) is 10.2 Å². The number of anilines is 1. The molecule has 3 N–H and O–H groups in total. The third-order valence-electron chi connectivity index (χ3n) is 3.48. The molecule has 0 aromatic heterocycles. The van der Waals surface area contributed by atoms with Gasteiger partial charge in [-0.15, -0.1) is 0 Å². The van der Waals surface area contributed by atoms with Crippen molar-refractivity contribution in [2.45, 2.75) is 25.8 Å². The van der Waals surface area contributed by atoms with E-state index in [0.717, 1.165) is 12.8 Å². The molecular formula is C15H21N3O3. The number of benzene rings is 1. The molecule has 1 saturated heterocycles. The standard InChI is InChI=1S/C15H21N3O3/c1-11(19)17-13-5-7-18(8-6-13)15(20)10-21-14-4-2-3-12(16)9-14/h2-4,9,13H,5-8,10,16H2,1H3,(H,17,19). The molecule has 2 rings (SSSR count). The Morgan fingerprint density at radius 3 is 2.71 bits per heavy atom. The quantitative estimate of drug-likeness (QED) is 0.803. The Balaban J connectivity index is 1.76. The van der Waals surface area contributed by atoms with Gasteiger partial charge in [-0.25, -0.2) is 0 Å². The number of rotatable bonds is 4. The molecule has 0 aliphatic carbocycles. The van der Waals surface area contributed by atoms with Gasteiger partial charge in [0.2, 0.25) is 5.91 Å². The maximum absolute atomic E-state index is 12.1. The van der Waals surface area contributed by atoms with E-state index in [9.17, 15) is 9.59 Å². The van der Waals surface area contributed by atoms with Gasteiger partial charge >= 0.3 is 0 Å². The van der Waals surface area contributed by atoms with E-state index in [1.807, 2.05) is 0 Å². The fraction of sp³-hybridized carbons (Fsp3) is 0.467. The van der Waals surface area contributed by atoms with Gasteiger partial charge in [0.15, 0.2) is 6.61 Å². The van der Waals surface area contributed by atoms with E-state index in [2.05, 4.69) is 5.32 Å². The fourth-order valence-electron chi connectivity index (χ4n) is 2.40. The van der Waals surface area contributed by atoms with Crippen molar-refractivity contribution in [1.29, 1.82) is 0 Å². The molecular weight excluding hydrogens is 270 g/mol. The zero-order chi connectivity index (χ0) is 15.2. The lowest BCUT2D eigenvalue weighted by molar-refractivity contribution is -0.134. The predicted molar refractivity (Wildman–Crippen MR) is 79.8 cm³/mol.